The number of aromatic nitrogens is 1. The fraction of sp³-hybridized carbons (Fsp3) is 0.250. The van der Waals surface area contributed by atoms with Crippen LogP contribution in [0.2, 0.25) is 5.15 Å². The maximum atomic E-state index is 12.2. The van der Waals surface area contributed by atoms with Crippen molar-refractivity contribution in [3.8, 4) is 0 Å². The van der Waals surface area contributed by atoms with E-state index in [0.29, 0.717) is 17.7 Å². The van der Waals surface area contributed by atoms with E-state index in [0.717, 1.165) is 5.56 Å². The van der Waals surface area contributed by atoms with Gasteiger partial charge in [0.25, 0.3) is 5.91 Å². The first-order valence-electron chi connectivity index (χ1n) is 6.68. The molecule has 0 aliphatic carbocycles. The Morgan fingerprint density at radius 2 is 2.05 bits per heavy atom. The van der Waals surface area contributed by atoms with E-state index < -0.39 is 0 Å². The standard InChI is InChI=1S/C16H17ClN2O2/c1-11-7-13(9-15(17)18-11)16(21)19-14(10-20)8-12-5-3-2-4-6-12/h2-7,9,14,20H,8,10H2,1H3,(H,19,21)/t14-/m1/s1. The van der Waals surface area contributed by atoms with E-state index in [1.165, 1.54) is 6.07 Å². The molecule has 0 unspecified atom stereocenters. The van der Waals surface area contributed by atoms with E-state index in [4.69, 9.17) is 11.6 Å². The van der Waals surface area contributed by atoms with E-state index >= 15 is 0 Å². The van der Waals surface area contributed by atoms with E-state index in [1.807, 2.05) is 30.3 Å². The minimum absolute atomic E-state index is 0.127. The smallest absolute Gasteiger partial charge is 0.251 e. The van der Waals surface area contributed by atoms with E-state index in [-0.39, 0.29) is 23.7 Å². The summed E-state index contributed by atoms with van der Waals surface area (Å²) >= 11 is 5.85. The van der Waals surface area contributed by atoms with Crippen LogP contribution in [0.4, 0.5) is 0 Å². The predicted molar refractivity (Wildman–Crippen MR) is 82.5 cm³/mol. The summed E-state index contributed by atoms with van der Waals surface area (Å²) < 4.78 is 0. The summed E-state index contributed by atoms with van der Waals surface area (Å²) in [5, 5.41) is 12.5. The number of carbonyl (C=O) groups is 1. The Morgan fingerprint density at radius 3 is 2.67 bits per heavy atom. The topological polar surface area (TPSA) is 62.2 Å². The van der Waals surface area contributed by atoms with Crippen molar-refractivity contribution in [2.24, 2.45) is 0 Å². The molecule has 0 spiro atoms. The molecular formula is C16H17ClN2O2. The minimum Gasteiger partial charge on any atom is -0.394 e. The zero-order chi connectivity index (χ0) is 15.2. The molecule has 0 bridgehead atoms. The molecule has 1 atom stereocenters. The number of carbonyl (C=O) groups excluding carboxylic acids is 1. The zero-order valence-corrected chi connectivity index (χ0v) is 12.5. The maximum absolute atomic E-state index is 12.2. The number of nitrogens with zero attached hydrogens (tertiary/aromatic N) is 1. The lowest BCUT2D eigenvalue weighted by molar-refractivity contribution is 0.0916. The van der Waals surface area contributed by atoms with Crippen molar-refractivity contribution in [2.75, 3.05) is 6.61 Å². The Kier molecular flexibility index (Phi) is 5.31. The van der Waals surface area contributed by atoms with Gasteiger partial charge in [-0.2, -0.15) is 0 Å². The molecular weight excluding hydrogens is 288 g/mol. The number of benzene rings is 1. The average molecular weight is 305 g/mol. The molecule has 1 aromatic carbocycles. The van der Waals surface area contributed by atoms with Gasteiger partial charge in [-0.3, -0.25) is 4.79 Å². The van der Waals surface area contributed by atoms with Gasteiger partial charge in [0, 0.05) is 11.3 Å². The lowest BCUT2D eigenvalue weighted by atomic mass is 10.1. The van der Waals surface area contributed by atoms with Gasteiger partial charge in [0.2, 0.25) is 0 Å². The number of aryl methyl sites for hydroxylation is 1. The van der Waals surface area contributed by atoms with Gasteiger partial charge in [0.05, 0.1) is 12.6 Å². The normalized spacial score (nSPS) is 12.0. The number of hydrogen-bond acceptors (Lipinski definition) is 3. The van der Waals surface area contributed by atoms with Crippen LogP contribution in [0.25, 0.3) is 0 Å². The second kappa shape index (κ2) is 7.20. The zero-order valence-electron chi connectivity index (χ0n) is 11.7. The van der Waals surface area contributed by atoms with Gasteiger partial charge in [-0.25, -0.2) is 4.98 Å². The van der Waals surface area contributed by atoms with Gasteiger partial charge in [0.15, 0.2) is 0 Å². The molecule has 5 heteroatoms. The summed E-state index contributed by atoms with van der Waals surface area (Å²) in [5.41, 5.74) is 2.18. The number of aliphatic hydroxyl groups is 1. The third-order valence-corrected chi connectivity index (χ3v) is 3.26. The van der Waals surface area contributed by atoms with E-state index in [1.54, 1.807) is 13.0 Å². The van der Waals surface area contributed by atoms with Gasteiger partial charge in [-0.05, 0) is 31.0 Å². The van der Waals surface area contributed by atoms with Crippen LogP contribution in [0.5, 0.6) is 0 Å². The molecule has 2 aromatic rings. The van der Waals surface area contributed by atoms with Gasteiger partial charge in [-0.15, -0.1) is 0 Å². The summed E-state index contributed by atoms with van der Waals surface area (Å²) in [7, 11) is 0. The summed E-state index contributed by atoms with van der Waals surface area (Å²) in [4.78, 5) is 16.2. The molecule has 4 nitrogen and oxygen atoms in total. The first kappa shape index (κ1) is 15.5. The summed E-state index contributed by atoms with van der Waals surface area (Å²) in [6.07, 6.45) is 0.570. The third-order valence-electron chi connectivity index (χ3n) is 3.06. The fourth-order valence-corrected chi connectivity index (χ4v) is 2.34. The van der Waals surface area contributed by atoms with Crippen molar-refractivity contribution in [2.45, 2.75) is 19.4 Å². The molecule has 1 aromatic heterocycles. The predicted octanol–water partition coefficient (Wildman–Crippen LogP) is 2.38. The third kappa shape index (κ3) is 4.55. The molecule has 2 N–H and O–H groups in total. The van der Waals surface area contributed by atoms with Gasteiger partial charge in [0.1, 0.15) is 5.15 Å². The first-order valence-corrected chi connectivity index (χ1v) is 7.06. The quantitative estimate of drug-likeness (QED) is 0.834. The number of hydrogen-bond donors (Lipinski definition) is 2. The number of aliphatic hydroxyl groups excluding tert-OH is 1. The molecule has 0 radical (unpaired) electrons. The van der Waals surface area contributed by atoms with Gasteiger partial charge >= 0.3 is 0 Å². The molecule has 0 aliphatic rings. The number of pyridine rings is 1. The molecule has 0 fully saturated rings. The van der Waals surface area contributed by atoms with Gasteiger partial charge < -0.3 is 10.4 Å². The van der Waals surface area contributed by atoms with Crippen molar-refractivity contribution in [1.29, 1.82) is 0 Å². The summed E-state index contributed by atoms with van der Waals surface area (Å²) in [5.74, 6) is -0.266. The van der Waals surface area contributed by atoms with Crippen molar-refractivity contribution >= 4 is 17.5 Å². The Labute approximate surface area is 128 Å². The fourth-order valence-electron chi connectivity index (χ4n) is 2.09. The summed E-state index contributed by atoms with van der Waals surface area (Å²) in [6, 6.07) is 12.5. The van der Waals surface area contributed by atoms with Crippen LogP contribution in [-0.2, 0) is 6.42 Å². The first-order chi connectivity index (χ1) is 10.1. The highest BCUT2D eigenvalue weighted by Gasteiger charge is 2.14. The van der Waals surface area contributed by atoms with Crippen LogP contribution in [-0.4, -0.2) is 28.6 Å². The minimum atomic E-state index is -0.341. The highest BCUT2D eigenvalue weighted by Crippen LogP contribution is 2.11. The Bertz CT molecular complexity index is 597. The second-order valence-corrected chi connectivity index (χ2v) is 5.25. The van der Waals surface area contributed by atoms with Crippen molar-refractivity contribution < 1.29 is 9.90 Å². The Hall–Kier alpha value is -1.91. The van der Waals surface area contributed by atoms with Crippen LogP contribution < -0.4 is 5.32 Å². The molecule has 0 aliphatic heterocycles. The Morgan fingerprint density at radius 1 is 1.33 bits per heavy atom. The van der Waals surface area contributed by atoms with Crippen LogP contribution in [0.1, 0.15) is 21.6 Å². The lowest BCUT2D eigenvalue weighted by Gasteiger charge is -2.16. The maximum Gasteiger partial charge on any atom is 0.251 e. The second-order valence-electron chi connectivity index (χ2n) is 4.86. The molecule has 1 heterocycles. The van der Waals surface area contributed by atoms with Crippen LogP contribution in [0, 0.1) is 6.92 Å². The van der Waals surface area contributed by atoms with Crippen molar-refractivity contribution in [3.63, 3.8) is 0 Å². The van der Waals surface area contributed by atoms with Crippen molar-refractivity contribution in [3.05, 3.63) is 64.4 Å². The van der Waals surface area contributed by atoms with E-state index in [9.17, 15) is 9.90 Å². The molecule has 2 rings (SSSR count). The summed E-state index contributed by atoms with van der Waals surface area (Å²) in [6.45, 7) is 1.65. The number of rotatable bonds is 5. The average Bonchev–Trinajstić information content (AvgIpc) is 2.46. The number of nitrogens with one attached hydrogen (secondary N) is 1. The SMILES string of the molecule is Cc1cc(C(=O)N[C@@H](CO)Cc2ccccc2)cc(Cl)n1. The molecule has 0 saturated heterocycles. The Balaban J connectivity index is 2.05. The lowest BCUT2D eigenvalue weighted by Crippen LogP contribution is -2.39. The number of amides is 1. The molecule has 0 saturated carbocycles. The van der Waals surface area contributed by atoms with Crippen LogP contribution in [0.3, 0.4) is 0 Å². The number of halogens is 1. The monoisotopic (exact) mass is 304 g/mol. The van der Waals surface area contributed by atoms with Crippen LogP contribution >= 0.6 is 11.6 Å². The van der Waals surface area contributed by atoms with Gasteiger partial charge in [-0.1, -0.05) is 41.9 Å². The van der Waals surface area contributed by atoms with Crippen molar-refractivity contribution in [1.82, 2.24) is 10.3 Å². The molecule has 110 valence electrons. The molecule has 21 heavy (non-hydrogen) atoms. The molecule has 1 amide bonds. The highest BCUT2D eigenvalue weighted by atomic mass is 35.5. The largest absolute Gasteiger partial charge is 0.394 e. The van der Waals surface area contributed by atoms with Crippen LogP contribution in [0.15, 0.2) is 42.5 Å². The highest BCUT2D eigenvalue weighted by molar-refractivity contribution is 6.29. The van der Waals surface area contributed by atoms with E-state index in [2.05, 4.69) is 10.3 Å².